The van der Waals surface area contributed by atoms with Crippen molar-refractivity contribution in [3.63, 3.8) is 0 Å². The highest BCUT2D eigenvalue weighted by Crippen LogP contribution is 2.48. The van der Waals surface area contributed by atoms with Crippen molar-refractivity contribution in [1.29, 1.82) is 0 Å². The van der Waals surface area contributed by atoms with E-state index in [-0.39, 0.29) is 35.3 Å². The highest BCUT2D eigenvalue weighted by atomic mass is 19.1. The molecule has 4 fully saturated rings. The maximum atomic E-state index is 17.5. The van der Waals surface area contributed by atoms with Crippen molar-refractivity contribution in [2.75, 3.05) is 37.7 Å². The summed E-state index contributed by atoms with van der Waals surface area (Å²) in [5.74, 6) is 0.577. The van der Waals surface area contributed by atoms with Crippen molar-refractivity contribution in [2.24, 2.45) is 7.05 Å². The molecule has 11 heteroatoms. The van der Waals surface area contributed by atoms with Gasteiger partial charge in [0.1, 0.15) is 35.4 Å². The van der Waals surface area contributed by atoms with Crippen LogP contribution >= 0.6 is 0 Å². The first-order chi connectivity index (χ1) is 22.3. The zero-order valence-corrected chi connectivity index (χ0v) is 26.5. The molecule has 6 heterocycles. The molecule has 4 saturated heterocycles. The minimum Gasteiger partial charge on any atom is -0.508 e. The van der Waals surface area contributed by atoms with E-state index in [1.54, 1.807) is 10.7 Å². The average molecular weight is 630 g/mol. The Morgan fingerprint density at radius 3 is 2.74 bits per heavy atom. The molecule has 9 rings (SSSR count). The molecule has 1 aliphatic carbocycles. The first-order valence-electron chi connectivity index (χ1n) is 17.1. The van der Waals surface area contributed by atoms with Gasteiger partial charge in [-0.2, -0.15) is 15.1 Å². The number of phenols is 1. The fourth-order valence-corrected chi connectivity index (χ4v) is 9.55. The molecule has 5 aliphatic rings. The number of hydrogen-bond donors (Lipinski definition) is 2. The quantitative estimate of drug-likeness (QED) is 0.295. The van der Waals surface area contributed by atoms with Gasteiger partial charge < -0.3 is 20.1 Å². The molecular weight excluding hydrogens is 588 g/mol. The Bertz CT molecular complexity index is 1870. The number of benzene rings is 2. The Morgan fingerprint density at radius 1 is 1.11 bits per heavy atom. The molecule has 2 aromatic carbocycles. The van der Waals surface area contributed by atoms with Crippen LogP contribution in [0.25, 0.3) is 32.9 Å². The Morgan fingerprint density at radius 2 is 1.93 bits per heavy atom. The molecule has 4 aromatic rings. The highest BCUT2D eigenvalue weighted by molar-refractivity contribution is 6.16. The van der Waals surface area contributed by atoms with E-state index < -0.39 is 12.0 Å². The van der Waals surface area contributed by atoms with Gasteiger partial charge in [0.2, 0.25) is 0 Å². The molecule has 2 bridgehead atoms. The number of aromatic nitrogens is 4. The number of anilines is 1. The van der Waals surface area contributed by atoms with Crippen molar-refractivity contribution in [3.8, 4) is 22.9 Å². The van der Waals surface area contributed by atoms with Gasteiger partial charge in [-0.25, -0.2) is 8.78 Å². The Balaban J connectivity index is 1.26. The predicted octanol–water partition coefficient (Wildman–Crippen LogP) is 5.36. The van der Waals surface area contributed by atoms with E-state index in [2.05, 4.69) is 22.0 Å². The maximum absolute atomic E-state index is 17.5. The first-order valence-corrected chi connectivity index (χ1v) is 17.1. The monoisotopic (exact) mass is 629 g/mol. The van der Waals surface area contributed by atoms with Gasteiger partial charge in [-0.05, 0) is 86.2 Å². The number of hydrogen-bond acceptors (Lipinski definition) is 8. The van der Waals surface area contributed by atoms with E-state index in [4.69, 9.17) is 19.8 Å². The second-order valence-electron chi connectivity index (χ2n) is 14.4. The van der Waals surface area contributed by atoms with Gasteiger partial charge in [-0.3, -0.25) is 9.58 Å². The average Bonchev–Trinajstić information content (AvgIpc) is 3.84. The van der Waals surface area contributed by atoms with Crippen LogP contribution in [0.5, 0.6) is 11.8 Å². The second-order valence-corrected chi connectivity index (χ2v) is 14.4. The standard InChI is InChI=1S/C35H41F2N7O2/c1-3-19-5-6-20-11-24(45)12-25(27(19)20)28-30(37)32-29(26-17-42(2)41-31(26)28)33(43-15-22-7-8-23(16-43)38-22)40-34(39-32)46-18-35-9-4-10-44(35)14-21(36)13-35/h11-12,17,19,21-23,38,45H,3-10,13-16,18H2,1-2H3/t19?,21-,22-,23+,35+/m1/s1. The highest BCUT2D eigenvalue weighted by Gasteiger charge is 2.49. The molecule has 1 unspecified atom stereocenters. The van der Waals surface area contributed by atoms with Gasteiger partial charge in [0.15, 0.2) is 5.82 Å². The molecule has 2 aromatic heterocycles. The SMILES string of the molecule is CCC1CCc2cc(O)cc(-c3c(F)c4nc(OC[C@@]56CCCN5C[C@H](F)C6)nc(N5C[C@H]6CC[C@@H](C5)N6)c4c4cn(C)nc34)c21. The Kier molecular flexibility index (Phi) is 6.52. The van der Waals surface area contributed by atoms with Gasteiger partial charge in [-0.1, -0.05) is 6.92 Å². The topological polar surface area (TPSA) is 91.6 Å². The zero-order valence-electron chi connectivity index (χ0n) is 26.5. The second kappa shape index (κ2) is 10.5. The number of nitrogens with zero attached hydrogens (tertiary/aromatic N) is 6. The Labute approximate surface area is 266 Å². The van der Waals surface area contributed by atoms with Gasteiger partial charge >= 0.3 is 6.01 Å². The normalized spacial score (nSPS) is 28.9. The molecule has 0 saturated carbocycles. The fourth-order valence-electron chi connectivity index (χ4n) is 9.55. The van der Waals surface area contributed by atoms with Crippen molar-refractivity contribution >= 4 is 27.6 Å². The number of ether oxygens (including phenoxy) is 1. The summed E-state index contributed by atoms with van der Waals surface area (Å²) in [6.07, 6.45) is 8.31. The molecule has 242 valence electrons. The number of fused-ring (bicyclic) bond motifs is 7. The van der Waals surface area contributed by atoms with Crippen LogP contribution in [-0.2, 0) is 13.5 Å². The third-order valence-electron chi connectivity index (χ3n) is 11.6. The Hall–Kier alpha value is -3.57. The van der Waals surface area contributed by atoms with Crippen molar-refractivity contribution in [1.82, 2.24) is 30.0 Å². The molecule has 4 aliphatic heterocycles. The van der Waals surface area contributed by atoms with E-state index in [1.165, 1.54) is 0 Å². The van der Waals surface area contributed by atoms with Crippen LogP contribution in [-0.4, -0.2) is 86.3 Å². The summed E-state index contributed by atoms with van der Waals surface area (Å²) >= 11 is 0. The van der Waals surface area contributed by atoms with Crippen LogP contribution in [0.2, 0.25) is 0 Å². The van der Waals surface area contributed by atoms with Gasteiger partial charge in [0.25, 0.3) is 0 Å². The smallest absolute Gasteiger partial charge is 0.319 e. The number of rotatable bonds is 6. The number of halogens is 2. The van der Waals surface area contributed by atoms with E-state index in [0.29, 0.717) is 52.9 Å². The van der Waals surface area contributed by atoms with Crippen molar-refractivity contribution in [2.45, 2.75) is 88.0 Å². The van der Waals surface area contributed by atoms with E-state index in [1.807, 2.05) is 19.3 Å². The van der Waals surface area contributed by atoms with Crippen LogP contribution in [0.4, 0.5) is 14.6 Å². The van der Waals surface area contributed by atoms with Crippen LogP contribution in [0.1, 0.15) is 68.9 Å². The molecule has 5 atom stereocenters. The molecule has 0 radical (unpaired) electrons. The van der Waals surface area contributed by atoms with Crippen LogP contribution in [0.3, 0.4) is 0 Å². The molecule has 0 amide bonds. The summed E-state index contributed by atoms with van der Waals surface area (Å²) in [5.41, 5.74) is 3.57. The van der Waals surface area contributed by atoms with Crippen molar-refractivity contribution < 1.29 is 18.6 Å². The summed E-state index contributed by atoms with van der Waals surface area (Å²) in [7, 11) is 1.85. The third-order valence-corrected chi connectivity index (χ3v) is 11.6. The van der Waals surface area contributed by atoms with Crippen LogP contribution in [0, 0.1) is 5.82 Å². The molecule has 9 nitrogen and oxygen atoms in total. The summed E-state index contributed by atoms with van der Waals surface area (Å²) in [6, 6.07) is 4.32. The van der Waals surface area contributed by atoms with E-state index >= 15 is 4.39 Å². The van der Waals surface area contributed by atoms with Crippen LogP contribution in [0.15, 0.2) is 18.3 Å². The largest absolute Gasteiger partial charge is 0.508 e. The zero-order chi connectivity index (χ0) is 31.3. The number of alkyl halides is 1. The molecule has 0 spiro atoms. The summed E-state index contributed by atoms with van der Waals surface area (Å²) in [5, 5.41) is 20.8. The van der Waals surface area contributed by atoms with Crippen molar-refractivity contribution in [3.05, 3.63) is 35.3 Å². The number of piperazine rings is 1. The molecule has 46 heavy (non-hydrogen) atoms. The van der Waals surface area contributed by atoms with E-state index in [0.717, 1.165) is 81.1 Å². The fraction of sp³-hybridized carbons (Fsp3) is 0.571. The lowest BCUT2D eigenvalue weighted by molar-refractivity contribution is 0.107. The lowest BCUT2D eigenvalue weighted by atomic mass is 9.88. The van der Waals surface area contributed by atoms with Crippen LogP contribution < -0.4 is 15.0 Å². The minimum atomic E-state index is -0.872. The predicted molar refractivity (Wildman–Crippen MR) is 173 cm³/mol. The summed E-state index contributed by atoms with van der Waals surface area (Å²) in [6.45, 7) is 5.24. The minimum absolute atomic E-state index is 0.123. The van der Waals surface area contributed by atoms with Gasteiger partial charge in [0, 0.05) is 62.3 Å². The number of aromatic hydroxyl groups is 1. The lowest BCUT2D eigenvalue weighted by Crippen LogP contribution is -2.51. The number of nitrogens with one attached hydrogen (secondary N) is 1. The molecular formula is C35H41F2N7O2. The molecule has 2 N–H and O–H groups in total. The van der Waals surface area contributed by atoms with Gasteiger partial charge in [-0.15, -0.1) is 0 Å². The third kappa shape index (κ3) is 4.33. The first kappa shape index (κ1) is 28.6. The number of aryl methyl sites for hydroxylation is 2. The summed E-state index contributed by atoms with van der Waals surface area (Å²) < 4.78 is 40.2. The van der Waals surface area contributed by atoms with Gasteiger partial charge in [0.05, 0.1) is 10.9 Å². The summed E-state index contributed by atoms with van der Waals surface area (Å²) in [4.78, 5) is 14.3. The number of phenolic OH excluding ortho intramolecular Hbond substituents is 1. The lowest BCUT2D eigenvalue weighted by Gasteiger charge is -2.35. The van der Waals surface area contributed by atoms with E-state index in [9.17, 15) is 9.50 Å². The maximum Gasteiger partial charge on any atom is 0.319 e.